The number of nitrogens with zero attached hydrogens (tertiary/aromatic N) is 2. The van der Waals surface area contributed by atoms with Gasteiger partial charge in [-0.1, -0.05) is 19.8 Å². The summed E-state index contributed by atoms with van der Waals surface area (Å²) < 4.78 is 1.88. The molecule has 1 aliphatic rings. The van der Waals surface area contributed by atoms with Crippen molar-refractivity contribution in [3.05, 3.63) is 18.0 Å². The van der Waals surface area contributed by atoms with Crippen LogP contribution in [0.5, 0.6) is 0 Å². The maximum Gasteiger partial charge on any atom is 0.0613 e. The minimum Gasteiger partial charge on any atom is -0.394 e. The molecule has 1 fully saturated rings. The van der Waals surface area contributed by atoms with Crippen molar-refractivity contribution in [3.8, 4) is 0 Å². The monoisotopic (exact) mass is 237 g/mol. The van der Waals surface area contributed by atoms with Crippen molar-refractivity contribution in [1.29, 1.82) is 0 Å². The number of aliphatic hydroxyl groups is 1. The molecule has 0 saturated heterocycles. The zero-order valence-corrected chi connectivity index (χ0v) is 10.8. The van der Waals surface area contributed by atoms with Gasteiger partial charge in [0.05, 0.1) is 12.3 Å². The van der Waals surface area contributed by atoms with Gasteiger partial charge in [-0.3, -0.25) is 4.68 Å². The highest BCUT2D eigenvalue weighted by atomic mass is 16.3. The van der Waals surface area contributed by atoms with Gasteiger partial charge in [-0.15, -0.1) is 0 Å². The predicted octanol–water partition coefficient (Wildman–Crippen LogP) is 1.45. The summed E-state index contributed by atoms with van der Waals surface area (Å²) >= 11 is 0. The number of aromatic nitrogens is 2. The Balaban J connectivity index is 1.97. The normalized spacial score (nSPS) is 29.5. The second kappa shape index (κ2) is 5.19. The molecule has 2 N–H and O–H groups in total. The molecule has 4 heteroatoms. The highest BCUT2D eigenvalue weighted by molar-refractivity contribution is 5.02. The third kappa shape index (κ3) is 2.87. The largest absolute Gasteiger partial charge is 0.394 e. The van der Waals surface area contributed by atoms with E-state index in [0.29, 0.717) is 5.92 Å². The zero-order chi connectivity index (χ0) is 12.3. The van der Waals surface area contributed by atoms with Gasteiger partial charge in [0, 0.05) is 25.3 Å². The van der Waals surface area contributed by atoms with Crippen LogP contribution in [-0.2, 0) is 13.6 Å². The predicted molar refractivity (Wildman–Crippen MR) is 67.5 cm³/mol. The topological polar surface area (TPSA) is 50.1 Å². The van der Waals surface area contributed by atoms with E-state index in [1.165, 1.54) is 12.8 Å². The van der Waals surface area contributed by atoms with Gasteiger partial charge in [0.2, 0.25) is 0 Å². The lowest BCUT2D eigenvalue weighted by Crippen LogP contribution is -2.51. The van der Waals surface area contributed by atoms with Crippen molar-refractivity contribution >= 4 is 0 Å². The van der Waals surface area contributed by atoms with Crippen LogP contribution in [0, 0.1) is 5.92 Å². The van der Waals surface area contributed by atoms with Crippen molar-refractivity contribution in [3.63, 3.8) is 0 Å². The van der Waals surface area contributed by atoms with E-state index in [-0.39, 0.29) is 12.1 Å². The molecule has 0 bridgehead atoms. The van der Waals surface area contributed by atoms with Gasteiger partial charge in [-0.2, -0.15) is 5.10 Å². The lowest BCUT2D eigenvalue weighted by atomic mass is 9.77. The van der Waals surface area contributed by atoms with E-state index in [1.54, 1.807) is 0 Å². The first kappa shape index (κ1) is 12.6. The molecule has 1 aromatic rings. The molecule has 96 valence electrons. The summed E-state index contributed by atoms with van der Waals surface area (Å²) in [6, 6.07) is 2.02. The minimum atomic E-state index is -0.0814. The molecule has 4 nitrogen and oxygen atoms in total. The van der Waals surface area contributed by atoms with Crippen LogP contribution >= 0.6 is 0 Å². The molecule has 2 rings (SSSR count). The van der Waals surface area contributed by atoms with Gasteiger partial charge in [0.15, 0.2) is 0 Å². The molecular weight excluding hydrogens is 214 g/mol. The first-order chi connectivity index (χ1) is 8.15. The molecular formula is C13H23N3O. The maximum absolute atomic E-state index is 9.67. The fourth-order valence-corrected chi connectivity index (χ4v) is 2.87. The molecule has 1 aliphatic carbocycles. The number of nitrogens with one attached hydrogen (secondary N) is 1. The molecule has 1 heterocycles. The number of hydrogen-bond acceptors (Lipinski definition) is 3. The van der Waals surface area contributed by atoms with Crippen LogP contribution < -0.4 is 5.32 Å². The van der Waals surface area contributed by atoms with E-state index < -0.39 is 0 Å². The Morgan fingerprint density at radius 1 is 1.65 bits per heavy atom. The Hall–Kier alpha value is -0.870. The van der Waals surface area contributed by atoms with Gasteiger partial charge in [-0.25, -0.2) is 0 Å². The van der Waals surface area contributed by atoms with Crippen LogP contribution in [0.3, 0.4) is 0 Å². The molecule has 17 heavy (non-hydrogen) atoms. The first-order valence-electron chi connectivity index (χ1n) is 6.48. The van der Waals surface area contributed by atoms with E-state index >= 15 is 0 Å². The molecule has 2 atom stereocenters. The van der Waals surface area contributed by atoms with Crippen molar-refractivity contribution in [2.45, 2.75) is 44.7 Å². The summed E-state index contributed by atoms with van der Waals surface area (Å²) in [5, 5.41) is 17.4. The number of aryl methyl sites for hydroxylation is 1. The van der Waals surface area contributed by atoms with Crippen LogP contribution in [0.1, 0.15) is 38.3 Å². The highest BCUT2D eigenvalue weighted by Crippen LogP contribution is 2.32. The summed E-state index contributed by atoms with van der Waals surface area (Å²) in [6.45, 7) is 3.29. The van der Waals surface area contributed by atoms with Crippen LogP contribution in [0.15, 0.2) is 12.3 Å². The molecule has 1 saturated carbocycles. The zero-order valence-electron chi connectivity index (χ0n) is 10.8. The van der Waals surface area contributed by atoms with E-state index in [1.807, 2.05) is 24.0 Å². The summed E-state index contributed by atoms with van der Waals surface area (Å²) in [6.07, 6.45) is 6.45. The smallest absolute Gasteiger partial charge is 0.0613 e. The first-order valence-corrected chi connectivity index (χ1v) is 6.48. The maximum atomic E-state index is 9.67. The van der Waals surface area contributed by atoms with E-state index in [0.717, 1.165) is 25.1 Å². The van der Waals surface area contributed by atoms with Gasteiger partial charge < -0.3 is 10.4 Å². The number of rotatable bonds is 4. The highest BCUT2D eigenvalue weighted by Gasteiger charge is 2.33. The SMILES string of the molecule is CC1CCCC(CO)(NCc2ccnn2C)C1. The number of aliphatic hydroxyl groups excluding tert-OH is 1. The lowest BCUT2D eigenvalue weighted by Gasteiger charge is -2.39. The van der Waals surface area contributed by atoms with Crippen molar-refractivity contribution in [2.75, 3.05) is 6.61 Å². The second-order valence-corrected chi connectivity index (χ2v) is 5.44. The molecule has 0 aromatic carbocycles. The lowest BCUT2D eigenvalue weighted by molar-refractivity contribution is 0.0976. The van der Waals surface area contributed by atoms with E-state index in [2.05, 4.69) is 17.3 Å². The molecule has 0 aliphatic heterocycles. The van der Waals surface area contributed by atoms with Crippen LogP contribution in [-0.4, -0.2) is 27.0 Å². The standard InChI is InChI=1S/C13H23N3O/c1-11-4-3-6-13(8-11,10-17)14-9-12-5-7-15-16(12)2/h5,7,11,14,17H,3-4,6,8-10H2,1-2H3. The Labute approximate surface area is 103 Å². The second-order valence-electron chi connectivity index (χ2n) is 5.44. The third-order valence-corrected chi connectivity index (χ3v) is 3.96. The van der Waals surface area contributed by atoms with Gasteiger partial charge in [-0.05, 0) is 24.8 Å². The third-order valence-electron chi connectivity index (χ3n) is 3.96. The summed E-state index contributed by atoms with van der Waals surface area (Å²) in [4.78, 5) is 0. The minimum absolute atomic E-state index is 0.0814. The summed E-state index contributed by atoms with van der Waals surface area (Å²) in [5.41, 5.74) is 1.08. The fraction of sp³-hybridized carbons (Fsp3) is 0.769. The molecule has 0 amide bonds. The average molecular weight is 237 g/mol. The molecule has 0 radical (unpaired) electrons. The van der Waals surface area contributed by atoms with Crippen molar-refractivity contribution < 1.29 is 5.11 Å². The molecule has 2 unspecified atom stereocenters. The average Bonchev–Trinajstić information content (AvgIpc) is 2.72. The van der Waals surface area contributed by atoms with Crippen molar-refractivity contribution in [2.24, 2.45) is 13.0 Å². The van der Waals surface area contributed by atoms with Crippen LogP contribution in [0.2, 0.25) is 0 Å². The fourth-order valence-electron chi connectivity index (χ4n) is 2.87. The van der Waals surface area contributed by atoms with Crippen LogP contribution in [0.4, 0.5) is 0 Å². The van der Waals surface area contributed by atoms with E-state index in [9.17, 15) is 5.11 Å². The Morgan fingerprint density at radius 3 is 3.06 bits per heavy atom. The quantitative estimate of drug-likeness (QED) is 0.833. The van der Waals surface area contributed by atoms with E-state index in [4.69, 9.17) is 0 Å². The van der Waals surface area contributed by atoms with Gasteiger partial charge in [0.1, 0.15) is 0 Å². The van der Waals surface area contributed by atoms with Gasteiger partial charge in [0.25, 0.3) is 0 Å². The Kier molecular flexibility index (Phi) is 3.84. The molecule has 0 spiro atoms. The summed E-state index contributed by atoms with van der Waals surface area (Å²) in [7, 11) is 1.95. The Bertz CT molecular complexity index is 363. The summed E-state index contributed by atoms with van der Waals surface area (Å²) in [5.74, 6) is 0.704. The Morgan fingerprint density at radius 2 is 2.47 bits per heavy atom. The van der Waals surface area contributed by atoms with Crippen molar-refractivity contribution in [1.82, 2.24) is 15.1 Å². The molecule has 1 aromatic heterocycles. The van der Waals surface area contributed by atoms with Gasteiger partial charge >= 0.3 is 0 Å². The van der Waals surface area contributed by atoms with Crippen LogP contribution in [0.25, 0.3) is 0 Å². The number of hydrogen-bond donors (Lipinski definition) is 2.